The van der Waals surface area contributed by atoms with E-state index >= 15 is 0 Å². The van der Waals surface area contributed by atoms with E-state index < -0.39 is 23.2 Å². The van der Waals surface area contributed by atoms with E-state index in [0.29, 0.717) is 22.6 Å². The molecule has 136 valence electrons. The Morgan fingerprint density at radius 2 is 1.81 bits per heavy atom. The van der Waals surface area contributed by atoms with Crippen molar-refractivity contribution >= 4 is 17.7 Å². The smallest absolute Gasteiger partial charge is 0.421 e. The molecule has 1 aliphatic rings. The largest absolute Gasteiger partial charge is 0.497 e. The van der Waals surface area contributed by atoms with Crippen LogP contribution in [0.1, 0.15) is 31.9 Å². The standard InChI is InChI=1S/C20H21NO5/c1-19(2,3)26-18(23)21-16-11-6-5-10-15(16)20(24,17(21)22)13-8-7-9-14(12-13)25-4/h5-12,24H,1-4H3/t20-/m1/s1. The third-order valence-electron chi connectivity index (χ3n) is 4.11. The number of hydrogen-bond donors (Lipinski definition) is 1. The van der Waals surface area contributed by atoms with Crippen molar-refractivity contribution in [3.05, 3.63) is 59.7 Å². The van der Waals surface area contributed by atoms with Crippen molar-refractivity contribution in [3.63, 3.8) is 0 Å². The Bertz CT molecular complexity index is 871. The van der Waals surface area contributed by atoms with Gasteiger partial charge >= 0.3 is 6.09 Å². The van der Waals surface area contributed by atoms with Crippen molar-refractivity contribution in [2.24, 2.45) is 0 Å². The number of rotatable bonds is 2. The predicted molar refractivity (Wildman–Crippen MR) is 96.2 cm³/mol. The van der Waals surface area contributed by atoms with Crippen LogP contribution in [0, 0.1) is 0 Å². The lowest BCUT2D eigenvalue weighted by Gasteiger charge is -2.25. The first-order valence-corrected chi connectivity index (χ1v) is 8.22. The molecule has 3 rings (SSSR count). The van der Waals surface area contributed by atoms with Crippen molar-refractivity contribution in [1.29, 1.82) is 0 Å². The van der Waals surface area contributed by atoms with E-state index in [-0.39, 0.29) is 0 Å². The van der Waals surface area contributed by atoms with Gasteiger partial charge in [0, 0.05) is 11.1 Å². The second-order valence-corrected chi connectivity index (χ2v) is 7.08. The van der Waals surface area contributed by atoms with E-state index in [2.05, 4.69) is 0 Å². The molecule has 0 saturated heterocycles. The summed E-state index contributed by atoms with van der Waals surface area (Å²) in [5.41, 5.74) is -1.83. The van der Waals surface area contributed by atoms with Gasteiger partial charge in [-0.25, -0.2) is 9.69 Å². The number of benzene rings is 2. The third kappa shape index (κ3) is 2.82. The van der Waals surface area contributed by atoms with Crippen molar-refractivity contribution in [2.75, 3.05) is 12.0 Å². The molecule has 0 saturated carbocycles. The minimum atomic E-state index is -2.00. The fourth-order valence-corrected chi connectivity index (χ4v) is 2.98. The lowest BCUT2D eigenvalue weighted by Crippen LogP contribution is -2.45. The first-order chi connectivity index (χ1) is 12.2. The Balaban J connectivity index is 2.14. The van der Waals surface area contributed by atoms with Gasteiger partial charge in [0.1, 0.15) is 11.4 Å². The Kier molecular flexibility index (Phi) is 4.24. The first kappa shape index (κ1) is 17.9. The van der Waals surface area contributed by atoms with Crippen LogP contribution in [0.15, 0.2) is 48.5 Å². The Hall–Kier alpha value is -2.86. The van der Waals surface area contributed by atoms with Crippen LogP contribution >= 0.6 is 0 Å². The van der Waals surface area contributed by atoms with Crippen LogP contribution in [0.5, 0.6) is 5.75 Å². The number of para-hydroxylation sites is 1. The molecular weight excluding hydrogens is 334 g/mol. The predicted octanol–water partition coefficient (Wildman–Crippen LogP) is 3.21. The van der Waals surface area contributed by atoms with Crippen LogP contribution in [0.2, 0.25) is 0 Å². The highest BCUT2D eigenvalue weighted by Gasteiger charge is 2.54. The quantitative estimate of drug-likeness (QED) is 0.895. The van der Waals surface area contributed by atoms with Gasteiger partial charge in [0.25, 0.3) is 5.91 Å². The van der Waals surface area contributed by atoms with Gasteiger partial charge in [-0.3, -0.25) is 4.79 Å². The first-order valence-electron chi connectivity index (χ1n) is 8.22. The Morgan fingerprint density at radius 1 is 1.12 bits per heavy atom. The van der Waals surface area contributed by atoms with E-state index in [1.54, 1.807) is 69.3 Å². The van der Waals surface area contributed by atoms with Gasteiger partial charge in [0.15, 0.2) is 5.60 Å². The van der Waals surface area contributed by atoms with Crippen LogP contribution in [0.3, 0.4) is 0 Å². The average Bonchev–Trinajstić information content (AvgIpc) is 2.82. The number of nitrogens with zero attached hydrogens (tertiary/aromatic N) is 1. The molecule has 0 bridgehead atoms. The maximum atomic E-state index is 13.1. The molecule has 1 aliphatic heterocycles. The second kappa shape index (κ2) is 6.14. The van der Waals surface area contributed by atoms with E-state index in [0.717, 1.165) is 4.90 Å². The molecule has 0 unspecified atom stereocenters. The van der Waals surface area contributed by atoms with Crippen molar-refractivity contribution < 1.29 is 24.2 Å². The van der Waals surface area contributed by atoms with Gasteiger partial charge < -0.3 is 14.6 Å². The molecular formula is C20H21NO5. The molecule has 0 radical (unpaired) electrons. The molecule has 6 nitrogen and oxygen atoms in total. The zero-order valence-corrected chi connectivity index (χ0v) is 15.1. The number of hydrogen-bond acceptors (Lipinski definition) is 5. The Morgan fingerprint density at radius 3 is 2.46 bits per heavy atom. The number of carbonyl (C=O) groups is 2. The number of methoxy groups -OCH3 is 1. The topological polar surface area (TPSA) is 76.1 Å². The number of anilines is 1. The van der Waals surface area contributed by atoms with Gasteiger partial charge in [-0.15, -0.1) is 0 Å². The third-order valence-corrected chi connectivity index (χ3v) is 4.11. The van der Waals surface area contributed by atoms with Crippen LogP contribution < -0.4 is 9.64 Å². The zero-order chi connectivity index (χ0) is 19.1. The number of fused-ring (bicyclic) bond motifs is 1. The highest BCUT2D eigenvalue weighted by Crippen LogP contribution is 2.45. The van der Waals surface area contributed by atoms with Gasteiger partial charge in [-0.1, -0.05) is 30.3 Å². The van der Waals surface area contributed by atoms with Gasteiger partial charge in [0.05, 0.1) is 12.8 Å². The van der Waals surface area contributed by atoms with Crippen molar-refractivity contribution in [1.82, 2.24) is 0 Å². The highest BCUT2D eigenvalue weighted by molar-refractivity contribution is 6.21. The van der Waals surface area contributed by atoms with E-state index in [9.17, 15) is 14.7 Å². The van der Waals surface area contributed by atoms with Crippen LogP contribution in [-0.4, -0.2) is 29.8 Å². The molecule has 0 aliphatic carbocycles. The molecule has 1 heterocycles. The number of amides is 2. The molecule has 26 heavy (non-hydrogen) atoms. The molecule has 2 amide bonds. The number of ether oxygens (including phenoxy) is 2. The maximum Gasteiger partial charge on any atom is 0.421 e. The molecule has 0 aromatic heterocycles. The summed E-state index contributed by atoms with van der Waals surface area (Å²) in [7, 11) is 1.50. The Labute approximate surface area is 152 Å². The fourth-order valence-electron chi connectivity index (χ4n) is 2.98. The summed E-state index contributed by atoms with van der Waals surface area (Å²) in [4.78, 5) is 26.7. The van der Waals surface area contributed by atoms with E-state index in [1.165, 1.54) is 7.11 Å². The summed E-state index contributed by atoms with van der Waals surface area (Å²) < 4.78 is 10.5. The second-order valence-electron chi connectivity index (χ2n) is 7.08. The van der Waals surface area contributed by atoms with Crippen molar-refractivity contribution in [3.8, 4) is 5.75 Å². The van der Waals surface area contributed by atoms with Gasteiger partial charge in [0.2, 0.25) is 0 Å². The van der Waals surface area contributed by atoms with E-state index in [1.807, 2.05) is 0 Å². The number of imide groups is 1. The summed E-state index contributed by atoms with van der Waals surface area (Å²) in [6.45, 7) is 5.14. The minimum Gasteiger partial charge on any atom is -0.497 e. The minimum absolute atomic E-state index is 0.303. The molecule has 0 spiro atoms. The molecule has 1 atom stereocenters. The lowest BCUT2D eigenvalue weighted by molar-refractivity contribution is -0.131. The summed E-state index contributed by atoms with van der Waals surface area (Å²) >= 11 is 0. The van der Waals surface area contributed by atoms with Crippen LogP contribution in [0.25, 0.3) is 0 Å². The van der Waals surface area contributed by atoms with Crippen molar-refractivity contribution in [2.45, 2.75) is 32.0 Å². The zero-order valence-electron chi connectivity index (χ0n) is 15.1. The van der Waals surface area contributed by atoms with Gasteiger partial charge in [-0.05, 0) is 39.0 Å². The highest BCUT2D eigenvalue weighted by atomic mass is 16.6. The molecule has 2 aromatic rings. The number of aliphatic hydroxyl groups is 1. The lowest BCUT2D eigenvalue weighted by atomic mass is 9.87. The average molecular weight is 355 g/mol. The summed E-state index contributed by atoms with van der Waals surface area (Å²) in [5, 5.41) is 11.4. The SMILES string of the molecule is COc1cccc([C@]2(O)C(=O)N(C(=O)OC(C)(C)C)c3ccccc32)c1. The monoisotopic (exact) mass is 355 g/mol. The summed E-state index contributed by atoms with van der Waals surface area (Å²) in [6.07, 6.45) is -0.825. The summed E-state index contributed by atoms with van der Waals surface area (Å²) in [5.74, 6) is -0.280. The maximum absolute atomic E-state index is 13.1. The van der Waals surface area contributed by atoms with Crippen LogP contribution in [-0.2, 0) is 15.1 Å². The normalized spacial score (nSPS) is 19.3. The molecule has 6 heteroatoms. The van der Waals surface area contributed by atoms with E-state index in [4.69, 9.17) is 9.47 Å². The number of carbonyl (C=O) groups excluding carboxylic acids is 2. The molecule has 0 fully saturated rings. The molecule has 2 aromatic carbocycles. The molecule has 1 N–H and O–H groups in total. The van der Waals surface area contributed by atoms with Gasteiger partial charge in [-0.2, -0.15) is 0 Å². The fraction of sp³-hybridized carbons (Fsp3) is 0.300. The summed E-state index contributed by atoms with van der Waals surface area (Å²) in [6, 6.07) is 13.2. The van der Waals surface area contributed by atoms with Crippen LogP contribution in [0.4, 0.5) is 10.5 Å².